The van der Waals surface area contributed by atoms with Crippen molar-refractivity contribution in [3.05, 3.63) is 60.8 Å². The van der Waals surface area contributed by atoms with Crippen LogP contribution in [0.4, 0.5) is 5.69 Å². The van der Waals surface area contributed by atoms with Crippen LogP contribution in [-0.2, 0) is 0 Å². The first-order valence-corrected chi connectivity index (χ1v) is 7.59. The molecule has 0 bridgehead atoms. The van der Waals surface area contributed by atoms with Gasteiger partial charge >= 0.3 is 0 Å². The second-order valence-corrected chi connectivity index (χ2v) is 6.02. The third-order valence-corrected chi connectivity index (χ3v) is 4.00. The highest BCUT2D eigenvalue weighted by Crippen LogP contribution is 2.24. The van der Waals surface area contributed by atoms with Gasteiger partial charge < -0.3 is 9.30 Å². The van der Waals surface area contributed by atoms with Crippen LogP contribution in [-0.4, -0.2) is 23.5 Å². The summed E-state index contributed by atoms with van der Waals surface area (Å²) < 4.78 is 2.06. The van der Waals surface area contributed by atoms with Gasteiger partial charge in [0.25, 0.3) is 0 Å². The van der Waals surface area contributed by atoms with E-state index in [1.807, 2.05) is 25.6 Å². The lowest BCUT2D eigenvalue weighted by molar-refractivity contribution is 1.13. The van der Waals surface area contributed by atoms with Crippen LogP contribution in [0.5, 0.6) is 0 Å². The molecule has 21 heavy (non-hydrogen) atoms. The van der Waals surface area contributed by atoms with Crippen LogP contribution in [0.3, 0.4) is 0 Å². The Morgan fingerprint density at radius 3 is 2.52 bits per heavy atom. The fourth-order valence-electron chi connectivity index (χ4n) is 2.21. The Morgan fingerprint density at radius 2 is 1.86 bits per heavy atom. The number of hydrogen-bond acceptors (Lipinski definition) is 3. The van der Waals surface area contributed by atoms with E-state index in [0.29, 0.717) is 0 Å². The van der Waals surface area contributed by atoms with Crippen molar-refractivity contribution in [2.45, 2.75) is 4.90 Å². The summed E-state index contributed by atoms with van der Waals surface area (Å²) in [7, 11) is 4.08. The average Bonchev–Trinajstić information content (AvgIpc) is 2.91. The van der Waals surface area contributed by atoms with Crippen molar-refractivity contribution in [1.82, 2.24) is 9.38 Å². The van der Waals surface area contributed by atoms with Crippen molar-refractivity contribution in [1.29, 1.82) is 0 Å². The summed E-state index contributed by atoms with van der Waals surface area (Å²) in [5.41, 5.74) is 4.26. The minimum Gasteiger partial charge on any atom is -0.378 e. The van der Waals surface area contributed by atoms with Gasteiger partial charge in [0.05, 0.1) is 5.69 Å². The highest BCUT2D eigenvalue weighted by atomic mass is 32.2. The van der Waals surface area contributed by atoms with E-state index in [-0.39, 0.29) is 0 Å². The van der Waals surface area contributed by atoms with E-state index in [0.717, 1.165) is 21.8 Å². The maximum Gasteiger partial charge on any atom is 0.137 e. The number of pyridine rings is 1. The second kappa shape index (κ2) is 5.66. The number of thioether (sulfide) groups is 1. The molecule has 0 atom stereocenters. The molecule has 3 rings (SSSR count). The van der Waals surface area contributed by atoms with E-state index in [9.17, 15) is 0 Å². The summed E-state index contributed by atoms with van der Waals surface area (Å²) in [4.78, 5) is 7.92. The zero-order valence-corrected chi connectivity index (χ0v) is 13.0. The molecule has 2 aromatic heterocycles. The van der Waals surface area contributed by atoms with Gasteiger partial charge in [-0.15, -0.1) is 0 Å². The number of nitrogens with zero attached hydrogens (tertiary/aromatic N) is 3. The normalized spacial score (nSPS) is 10.8. The molecule has 0 aliphatic rings. The van der Waals surface area contributed by atoms with Gasteiger partial charge in [0.1, 0.15) is 5.65 Å². The Hall–Kier alpha value is -2.20. The molecule has 3 nitrogen and oxygen atoms in total. The molecule has 3 aromatic rings. The molecule has 0 aliphatic carbocycles. The van der Waals surface area contributed by atoms with Gasteiger partial charge in [0.15, 0.2) is 0 Å². The lowest BCUT2D eigenvalue weighted by atomic mass is 10.1. The topological polar surface area (TPSA) is 20.5 Å². The number of imidazole rings is 1. The van der Waals surface area contributed by atoms with Crippen LogP contribution >= 0.6 is 11.8 Å². The summed E-state index contributed by atoms with van der Waals surface area (Å²) >= 11 is 1.61. The molecule has 0 saturated heterocycles. The number of aromatic nitrogens is 2. The third kappa shape index (κ3) is 2.81. The number of anilines is 1. The molecule has 0 saturated carbocycles. The van der Waals surface area contributed by atoms with E-state index < -0.39 is 0 Å². The SMILES string of the molecule is C=CSc1ccc2nc(-c3ccc(N(C)C)cc3)cn2c1. The van der Waals surface area contributed by atoms with Crippen LogP contribution in [0, 0.1) is 0 Å². The van der Waals surface area contributed by atoms with Gasteiger partial charge in [-0.25, -0.2) is 4.98 Å². The Bertz CT molecular complexity index is 772. The predicted molar refractivity (Wildman–Crippen MR) is 91.0 cm³/mol. The fraction of sp³-hybridized carbons (Fsp3) is 0.118. The standard InChI is InChI=1S/C17H17N3S/c1-4-21-15-9-10-17-18-16(12-20(17)11-15)13-5-7-14(8-6-13)19(2)3/h4-12H,1H2,2-3H3. The maximum absolute atomic E-state index is 4.67. The summed E-state index contributed by atoms with van der Waals surface area (Å²) in [6.45, 7) is 3.75. The molecule has 106 valence electrons. The Morgan fingerprint density at radius 1 is 1.10 bits per heavy atom. The summed E-state index contributed by atoms with van der Waals surface area (Å²) in [6, 6.07) is 12.5. The first-order valence-electron chi connectivity index (χ1n) is 6.71. The summed E-state index contributed by atoms with van der Waals surface area (Å²) in [5.74, 6) is 0. The minimum absolute atomic E-state index is 0.954. The first kappa shape index (κ1) is 13.8. The van der Waals surface area contributed by atoms with Crippen LogP contribution in [0.2, 0.25) is 0 Å². The molecule has 0 aliphatic heterocycles. The fourth-order valence-corrected chi connectivity index (χ4v) is 2.72. The molecule has 0 amide bonds. The number of hydrogen-bond donors (Lipinski definition) is 0. The minimum atomic E-state index is 0.954. The van der Waals surface area contributed by atoms with E-state index in [1.165, 1.54) is 5.69 Å². The van der Waals surface area contributed by atoms with Crippen molar-refractivity contribution in [2.75, 3.05) is 19.0 Å². The Kier molecular flexibility index (Phi) is 3.71. The van der Waals surface area contributed by atoms with Gasteiger partial charge in [-0.05, 0) is 29.7 Å². The lowest BCUT2D eigenvalue weighted by Crippen LogP contribution is -2.07. The largest absolute Gasteiger partial charge is 0.378 e. The van der Waals surface area contributed by atoms with E-state index in [4.69, 9.17) is 0 Å². The Balaban J connectivity index is 1.98. The third-order valence-electron chi connectivity index (χ3n) is 3.32. The predicted octanol–water partition coefficient (Wildman–Crippen LogP) is 4.30. The van der Waals surface area contributed by atoms with Crippen LogP contribution in [0.25, 0.3) is 16.9 Å². The van der Waals surface area contributed by atoms with Gasteiger partial charge in [-0.3, -0.25) is 0 Å². The highest BCUT2D eigenvalue weighted by molar-refractivity contribution is 8.02. The zero-order chi connectivity index (χ0) is 14.8. The molecular weight excluding hydrogens is 278 g/mol. The van der Waals surface area contributed by atoms with Crippen molar-refractivity contribution in [3.8, 4) is 11.3 Å². The summed E-state index contributed by atoms with van der Waals surface area (Å²) in [5, 5.41) is 1.83. The van der Waals surface area contributed by atoms with Crippen LogP contribution in [0.1, 0.15) is 0 Å². The molecule has 0 spiro atoms. The number of rotatable bonds is 4. The Labute approximate surface area is 128 Å². The van der Waals surface area contributed by atoms with Gasteiger partial charge in [-0.2, -0.15) is 0 Å². The van der Waals surface area contributed by atoms with E-state index >= 15 is 0 Å². The molecule has 0 N–H and O–H groups in total. The second-order valence-electron chi connectivity index (χ2n) is 4.98. The average molecular weight is 295 g/mol. The number of benzene rings is 1. The van der Waals surface area contributed by atoms with Crippen molar-refractivity contribution < 1.29 is 0 Å². The molecule has 2 heterocycles. The molecule has 4 heteroatoms. The van der Waals surface area contributed by atoms with Gasteiger partial charge in [0, 0.05) is 42.6 Å². The highest BCUT2D eigenvalue weighted by Gasteiger charge is 2.05. The van der Waals surface area contributed by atoms with E-state index in [1.54, 1.807) is 11.8 Å². The van der Waals surface area contributed by atoms with Gasteiger partial charge in [-0.1, -0.05) is 30.5 Å². The van der Waals surface area contributed by atoms with E-state index in [2.05, 4.69) is 63.6 Å². The maximum atomic E-state index is 4.67. The van der Waals surface area contributed by atoms with Crippen molar-refractivity contribution >= 4 is 23.1 Å². The quantitative estimate of drug-likeness (QED) is 0.669. The smallest absolute Gasteiger partial charge is 0.137 e. The number of fused-ring (bicyclic) bond motifs is 1. The first-order chi connectivity index (χ1) is 10.2. The molecule has 0 radical (unpaired) electrons. The molecular formula is C17H17N3S. The molecule has 1 aromatic carbocycles. The zero-order valence-electron chi connectivity index (χ0n) is 12.2. The van der Waals surface area contributed by atoms with Crippen LogP contribution in [0.15, 0.2) is 65.7 Å². The van der Waals surface area contributed by atoms with Crippen molar-refractivity contribution in [3.63, 3.8) is 0 Å². The van der Waals surface area contributed by atoms with Crippen LogP contribution < -0.4 is 4.90 Å². The van der Waals surface area contributed by atoms with Crippen molar-refractivity contribution in [2.24, 2.45) is 0 Å². The summed E-state index contributed by atoms with van der Waals surface area (Å²) in [6.07, 6.45) is 4.14. The van der Waals surface area contributed by atoms with Gasteiger partial charge in [0.2, 0.25) is 0 Å². The molecule has 0 unspecified atom stereocenters. The monoisotopic (exact) mass is 295 g/mol. The molecule has 0 fully saturated rings. The lowest BCUT2D eigenvalue weighted by Gasteiger charge is -2.12.